The quantitative estimate of drug-likeness (QED) is 0.386. The van der Waals surface area contributed by atoms with Gasteiger partial charge in [-0.3, -0.25) is 4.79 Å². The molecule has 0 atom stereocenters. The minimum Gasteiger partial charge on any atom is -0.508 e. The van der Waals surface area contributed by atoms with E-state index in [2.05, 4.69) is 29.5 Å². The fourth-order valence-corrected chi connectivity index (χ4v) is 3.67. The van der Waals surface area contributed by atoms with Crippen molar-refractivity contribution in [3.63, 3.8) is 0 Å². The van der Waals surface area contributed by atoms with E-state index in [0.717, 1.165) is 53.2 Å². The van der Waals surface area contributed by atoms with Crippen molar-refractivity contribution in [2.75, 3.05) is 11.9 Å². The standard InChI is InChI=1S/C26H27N5O2/c1-16(2)14-27-23-13-22(17-7-11-21(32)12-8-17)30-31-24(15-28-25(23)31)18-3-5-19(6-4-18)26(33)29-20-9-10-20/h3-8,11-13,15-16,20,27,32H,9-10,14H2,1-2H3,(H,29,33). The van der Waals surface area contributed by atoms with Gasteiger partial charge in [0.2, 0.25) is 0 Å². The molecule has 7 nitrogen and oxygen atoms in total. The van der Waals surface area contributed by atoms with Crippen LogP contribution in [0.4, 0.5) is 5.69 Å². The molecule has 4 aromatic rings. The molecule has 1 aliphatic rings. The van der Waals surface area contributed by atoms with Crippen LogP contribution in [0.15, 0.2) is 60.8 Å². The summed E-state index contributed by atoms with van der Waals surface area (Å²) in [7, 11) is 0. The molecule has 0 aliphatic heterocycles. The van der Waals surface area contributed by atoms with Gasteiger partial charge in [-0.25, -0.2) is 9.50 Å². The largest absolute Gasteiger partial charge is 0.508 e. The summed E-state index contributed by atoms with van der Waals surface area (Å²) >= 11 is 0. The molecular weight excluding hydrogens is 414 g/mol. The van der Waals surface area contributed by atoms with Crippen LogP contribution in [0.3, 0.4) is 0 Å². The monoisotopic (exact) mass is 441 g/mol. The first-order valence-corrected chi connectivity index (χ1v) is 11.3. The number of aromatic nitrogens is 3. The highest BCUT2D eigenvalue weighted by atomic mass is 16.3. The Labute approximate surface area is 192 Å². The van der Waals surface area contributed by atoms with Crippen LogP contribution in [0.1, 0.15) is 37.0 Å². The molecule has 3 N–H and O–H groups in total. The van der Waals surface area contributed by atoms with Gasteiger partial charge in [0.25, 0.3) is 5.91 Å². The molecule has 0 spiro atoms. The van der Waals surface area contributed by atoms with E-state index in [0.29, 0.717) is 17.5 Å². The minimum atomic E-state index is -0.0323. The number of phenols is 1. The Hall–Kier alpha value is -3.87. The van der Waals surface area contributed by atoms with Gasteiger partial charge in [-0.2, -0.15) is 5.10 Å². The normalized spacial score (nSPS) is 13.4. The third kappa shape index (κ3) is 4.53. The average molecular weight is 442 g/mol. The zero-order valence-electron chi connectivity index (χ0n) is 18.7. The second kappa shape index (κ2) is 8.58. The number of amides is 1. The van der Waals surface area contributed by atoms with Gasteiger partial charge in [0.15, 0.2) is 5.65 Å². The highest BCUT2D eigenvalue weighted by molar-refractivity contribution is 5.95. The smallest absolute Gasteiger partial charge is 0.251 e. The zero-order valence-corrected chi connectivity index (χ0v) is 18.7. The summed E-state index contributed by atoms with van der Waals surface area (Å²) in [6, 6.07) is 16.9. The van der Waals surface area contributed by atoms with Crippen molar-refractivity contribution in [3.05, 3.63) is 66.4 Å². The lowest BCUT2D eigenvalue weighted by atomic mass is 10.1. The number of hydrogen-bond acceptors (Lipinski definition) is 5. The molecule has 33 heavy (non-hydrogen) atoms. The number of rotatable bonds is 7. The second-order valence-corrected chi connectivity index (χ2v) is 8.97. The Morgan fingerprint density at radius 3 is 2.45 bits per heavy atom. The summed E-state index contributed by atoms with van der Waals surface area (Å²) in [6.45, 7) is 5.12. The molecule has 5 rings (SSSR count). The van der Waals surface area contributed by atoms with Crippen molar-refractivity contribution in [3.8, 4) is 28.3 Å². The summed E-state index contributed by atoms with van der Waals surface area (Å²) < 4.78 is 1.84. The van der Waals surface area contributed by atoms with Crippen molar-refractivity contribution >= 4 is 17.2 Å². The van der Waals surface area contributed by atoms with E-state index >= 15 is 0 Å². The first-order valence-electron chi connectivity index (χ1n) is 11.3. The molecule has 2 aromatic heterocycles. The van der Waals surface area contributed by atoms with Gasteiger partial charge in [0.05, 0.1) is 23.3 Å². The Kier molecular flexibility index (Phi) is 5.46. The number of imidazole rings is 1. The van der Waals surface area contributed by atoms with E-state index in [-0.39, 0.29) is 11.7 Å². The number of carbonyl (C=O) groups is 1. The van der Waals surface area contributed by atoms with Crippen LogP contribution in [-0.4, -0.2) is 38.2 Å². The van der Waals surface area contributed by atoms with Crippen molar-refractivity contribution in [1.29, 1.82) is 0 Å². The number of anilines is 1. The summed E-state index contributed by atoms with van der Waals surface area (Å²) in [4.78, 5) is 17.0. The van der Waals surface area contributed by atoms with Crippen LogP contribution in [0.2, 0.25) is 0 Å². The van der Waals surface area contributed by atoms with Crippen LogP contribution in [0, 0.1) is 5.92 Å². The molecule has 1 saturated carbocycles. The number of hydrogen-bond donors (Lipinski definition) is 3. The fraction of sp³-hybridized carbons (Fsp3) is 0.269. The molecule has 1 fully saturated rings. The van der Waals surface area contributed by atoms with E-state index in [1.165, 1.54) is 0 Å². The van der Waals surface area contributed by atoms with Crippen LogP contribution >= 0.6 is 0 Å². The van der Waals surface area contributed by atoms with E-state index in [1.54, 1.807) is 12.1 Å². The van der Waals surface area contributed by atoms with Gasteiger partial charge in [-0.05, 0) is 61.2 Å². The van der Waals surface area contributed by atoms with Crippen molar-refractivity contribution in [1.82, 2.24) is 19.9 Å². The third-order valence-corrected chi connectivity index (χ3v) is 5.69. The summed E-state index contributed by atoms with van der Waals surface area (Å²) in [5, 5.41) is 21.0. The summed E-state index contributed by atoms with van der Waals surface area (Å²) in [5.74, 6) is 0.654. The molecule has 0 saturated heterocycles. The number of fused-ring (bicyclic) bond motifs is 1. The topological polar surface area (TPSA) is 91.5 Å². The highest BCUT2D eigenvalue weighted by Crippen LogP contribution is 2.29. The highest BCUT2D eigenvalue weighted by Gasteiger charge is 2.23. The molecule has 0 unspecified atom stereocenters. The number of benzene rings is 2. The molecule has 7 heteroatoms. The number of carbonyl (C=O) groups excluding carboxylic acids is 1. The van der Waals surface area contributed by atoms with E-state index in [1.807, 2.05) is 53.2 Å². The van der Waals surface area contributed by atoms with Gasteiger partial charge in [0, 0.05) is 29.3 Å². The van der Waals surface area contributed by atoms with Crippen LogP contribution in [0.25, 0.3) is 28.2 Å². The van der Waals surface area contributed by atoms with Gasteiger partial charge >= 0.3 is 0 Å². The lowest BCUT2D eigenvalue weighted by Gasteiger charge is -2.13. The molecule has 2 aromatic carbocycles. The lowest BCUT2D eigenvalue weighted by molar-refractivity contribution is 0.0951. The molecular formula is C26H27N5O2. The molecule has 2 heterocycles. The number of phenolic OH excluding ortho intramolecular Hbond substituents is 1. The fourth-order valence-electron chi connectivity index (χ4n) is 3.67. The number of aromatic hydroxyl groups is 1. The lowest BCUT2D eigenvalue weighted by Crippen LogP contribution is -2.25. The van der Waals surface area contributed by atoms with Crippen molar-refractivity contribution in [2.24, 2.45) is 5.92 Å². The molecule has 1 aliphatic carbocycles. The van der Waals surface area contributed by atoms with E-state index < -0.39 is 0 Å². The average Bonchev–Trinajstić information content (AvgIpc) is 3.53. The van der Waals surface area contributed by atoms with Gasteiger partial charge in [0.1, 0.15) is 5.75 Å². The van der Waals surface area contributed by atoms with E-state index in [9.17, 15) is 9.90 Å². The second-order valence-electron chi connectivity index (χ2n) is 8.97. The Balaban J connectivity index is 1.54. The minimum absolute atomic E-state index is 0.0323. The zero-order chi connectivity index (χ0) is 22.9. The third-order valence-electron chi connectivity index (χ3n) is 5.69. The van der Waals surface area contributed by atoms with Crippen LogP contribution < -0.4 is 10.6 Å². The summed E-state index contributed by atoms with van der Waals surface area (Å²) in [5.41, 5.74) is 5.72. The number of nitrogens with zero attached hydrogens (tertiary/aromatic N) is 3. The van der Waals surface area contributed by atoms with Crippen molar-refractivity contribution in [2.45, 2.75) is 32.7 Å². The Morgan fingerprint density at radius 2 is 1.79 bits per heavy atom. The summed E-state index contributed by atoms with van der Waals surface area (Å²) in [6.07, 6.45) is 3.93. The molecule has 0 bridgehead atoms. The number of nitrogens with one attached hydrogen (secondary N) is 2. The first-order chi connectivity index (χ1) is 16.0. The molecule has 168 valence electrons. The maximum Gasteiger partial charge on any atom is 0.251 e. The molecule has 1 amide bonds. The first kappa shape index (κ1) is 21.0. The van der Waals surface area contributed by atoms with Gasteiger partial charge in [-0.1, -0.05) is 26.0 Å². The Bertz CT molecular complexity index is 1290. The van der Waals surface area contributed by atoms with E-state index in [4.69, 9.17) is 5.10 Å². The Morgan fingerprint density at radius 1 is 1.09 bits per heavy atom. The van der Waals surface area contributed by atoms with Crippen LogP contribution in [-0.2, 0) is 0 Å². The van der Waals surface area contributed by atoms with Crippen molar-refractivity contribution < 1.29 is 9.90 Å². The predicted octanol–water partition coefficient (Wildman–Crippen LogP) is 4.73. The van der Waals surface area contributed by atoms with Gasteiger partial charge in [-0.15, -0.1) is 0 Å². The van der Waals surface area contributed by atoms with Crippen LogP contribution in [0.5, 0.6) is 5.75 Å². The van der Waals surface area contributed by atoms with Gasteiger partial charge < -0.3 is 15.7 Å². The SMILES string of the molecule is CC(C)CNc1cc(-c2ccc(O)cc2)nn2c(-c3ccc(C(=O)NC4CC4)cc3)cnc12. The maximum atomic E-state index is 12.3. The molecule has 0 radical (unpaired) electrons. The predicted molar refractivity (Wildman–Crippen MR) is 129 cm³/mol. The maximum absolute atomic E-state index is 12.3.